The number of phosphoric ester groups is 1. The molecule has 8 nitrogen and oxygen atoms in total. The molecule has 0 aromatic rings. The first-order valence-electron chi connectivity index (χ1n) is 31.8. The number of nitrogens with zero attached hydrogens (tertiary/aromatic N) is 1. The number of aliphatic hydroxyl groups excluding tert-OH is 1. The molecule has 0 fully saturated rings. The van der Waals surface area contributed by atoms with Crippen molar-refractivity contribution in [2.24, 2.45) is 0 Å². The van der Waals surface area contributed by atoms with E-state index in [9.17, 15) is 19.4 Å². The Labute approximate surface area is 465 Å². The summed E-state index contributed by atoms with van der Waals surface area (Å²) < 4.78 is 23.7. The van der Waals surface area contributed by atoms with Crippen LogP contribution in [0.5, 0.6) is 0 Å². The predicted octanol–water partition coefficient (Wildman–Crippen LogP) is 19.8. The molecule has 0 rings (SSSR count). The summed E-state index contributed by atoms with van der Waals surface area (Å²) in [6, 6.07) is -0.873. The number of nitrogens with one attached hydrogen (secondary N) is 1. The molecular weight excluding hydrogens is 948 g/mol. The Kier molecular flexibility index (Phi) is 55.1. The number of unbranched alkanes of at least 4 members (excludes halogenated alkanes) is 35. The van der Waals surface area contributed by atoms with Crippen molar-refractivity contribution < 1.29 is 32.9 Å². The van der Waals surface area contributed by atoms with E-state index in [1.165, 1.54) is 212 Å². The molecule has 0 aromatic carbocycles. The van der Waals surface area contributed by atoms with Crippen LogP contribution >= 0.6 is 7.82 Å². The van der Waals surface area contributed by atoms with E-state index < -0.39 is 20.0 Å². The van der Waals surface area contributed by atoms with Crippen molar-refractivity contribution in [2.75, 3.05) is 40.9 Å². The Hall–Kier alpha value is -2.06. The highest BCUT2D eigenvalue weighted by Gasteiger charge is 2.27. The molecule has 3 N–H and O–H groups in total. The molecule has 9 heteroatoms. The molecule has 0 radical (unpaired) electrons. The Morgan fingerprint density at radius 1 is 0.453 bits per heavy atom. The Morgan fingerprint density at radius 2 is 0.773 bits per heavy atom. The summed E-state index contributed by atoms with van der Waals surface area (Å²) in [6.45, 7) is 4.80. The van der Waals surface area contributed by atoms with Crippen LogP contribution in [0.15, 0.2) is 72.9 Å². The van der Waals surface area contributed by atoms with Gasteiger partial charge >= 0.3 is 7.82 Å². The first-order valence-corrected chi connectivity index (χ1v) is 33.3. The maximum atomic E-state index is 13.0. The lowest BCUT2D eigenvalue weighted by Crippen LogP contribution is -2.45. The van der Waals surface area contributed by atoms with Gasteiger partial charge in [0.1, 0.15) is 13.2 Å². The molecule has 0 aromatic heterocycles. The van der Waals surface area contributed by atoms with Gasteiger partial charge in [0.15, 0.2) is 0 Å². The molecule has 1 amide bonds. The zero-order chi connectivity index (χ0) is 54.9. The molecular formula is C66H124N2O6P+. The number of hydrogen-bond acceptors (Lipinski definition) is 5. The molecule has 0 heterocycles. The smallest absolute Gasteiger partial charge is 0.387 e. The molecule has 3 unspecified atom stereocenters. The van der Waals surface area contributed by atoms with Crippen molar-refractivity contribution in [3.05, 3.63) is 72.9 Å². The summed E-state index contributed by atoms with van der Waals surface area (Å²) in [4.78, 5) is 23.3. The lowest BCUT2D eigenvalue weighted by atomic mass is 10.0. The monoisotopic (exact) mass is 1070 g/mol. The molecule has 75 heavy (non-hydrogen) atoms. The fourth-order valence-electron chi connectivity index (χ4n) is 9.14. The third-order valence-corrected chi connectivity index (χ3v) is 15.1. The summed E-state index contributed by atoms with van der Waals surface area (Å²) in [5.41, 5.74) is 0. The predicted molar refractivity (Wildman–Crippen MR) is 327 cm³/mol. The molecule has 0 bridgehead atoms. The van der Waals surface area contributed by atoms with Crippen LogP contribution in [0.2, 0.25) is 0 Å². The van der Waals surface area contributed by atoms with Crippen molar-refractivity contribution in [3.8, 4) is 0 Å². The third kappa shape index (κ3) is 59.4. The van der Waals surface area contributed by atoms with Crippen LogP contribution in [-0.2, 0) is 18.4 Å². The summed E-state index contributed by atoms with van der Waals surface area (Å²) >= 11 is 0. The molecule has 0 saturated heterocycles. The number of phosphoric acid groups is 1. The quantitative estimate of drug-likeness (QED) is 0.0243. The van der Waals surface area contributed by atoms with Crippen LogP contribution < -0.4 is 5.32 Å². The zero-order valence-electron chi connectivity index (χ0n) is 50.0. The van der Waals surface area contributed by atoms with E-state index in [4.69, 9.17) is 9.05 Å². The van der Waals surface area contributed by atoms with Gasteiger partial charge in [0.25, 0.3) is 0 Å². The minimum Gasteiger partial charge on any atom is -0.387 e. The standard InChI is InChI=1S/C66H123N2O6P/c1-6-8-10-12-14-16-18-20-22-24-26-28-29-30-31-32-33-34-35-36-37-38-39-40-42-44-46-48-50-52-54-56-58-60-66(70)67-64(63-74-75(71,72)73-62-61-68(3,4)5)65(69)59-57-55-53-51-49-47-45-43-41-27-25-23-21-19-17-15-13-11-9-7-2/h18,20,24,26,29-30,41,43,49,51,57,59,64-65,69H,6-17,19,21-23,25,27-28,31-40,42,44-48,50,52-56,58,60-63H2,1-5H3,(H-,67,70,71,72)/p+1/b20-18-,26-24-,30-29-,43-41+,51-49+,59-57+. The maximum absolute atomic E-state index is 13.0. The van der Waals surface area contributed by atoms with Crippen LogP contribution in [0.1, 0.15) is 290 Å². The Morgan fingerprint density at radius 3 is 1.16 bits per heavy atom. The van der Waals surface area contributed by atoms with E-state index in [1.54, 1.807) is 6.08 Å². The average Bonchev–Trinajstić information content (AvgIpc) is 3.37. The second-order valence-electron chi connectivity index (χ2n) is 22.8. The molecule has 0 saturated carbocycles. The highest BCUT2D eigenvalue weighted by molar-refractivity contribution is 7.47. The minimum atomic E-state index is -4.36. The second-order valence-corrected chi connectivity index (χ2v) is 24.2. The third-order valence-electron chi connectivity index (χ3n) is 14.1. The van der Waals surface area contributed by atoms with Gasteiger partial charge in [0.05, 0.1) is 39.9 Å². The topological polar surface area (TPSA) is 105 Å². The number of quaternary nitrogens is 1. The van der Waals surface area contributed by atoms with Gasteiger partial charge in [-0.3, -0.25) is 13.8 Å². The highest BCUT2D eigenvalue weighted by atomic mass is 31.2. The van der Waals surface area contributed by atoms with Crippen molar-refractivity contribution in [3.63, 3.8) is 0 Å². The van der Waals surface area contributed by atoms with Gasteiger partial charge in [0, 0.05) is 6.42 Å². The fourth-order valence-corrected chi connectivity index (χ4v) is 9.88. The number of carbonyl (C=O) groups excluding carboxylic acids is 1. The van der Waals surface area contributed by atoms with Gasteiger partial charge in [-0.1, -0.05) is 273 Å². The van der Waals surface area contributed by atoms with Gasteiger partial charge in [0.2, 0.25) is 5.91 Å². The minimum absolute atomic E-state index is 0.0524. The summed E-state index contributed by atoms with van der Waals surface area (Å²) in [6.07, 6.45) is 78.9. The number of allylic oxidation sites excluding steroid dienone is 11. The highest BCUT2D eigenvalue weighted by Crippen LogP contribution is 2.43. The van der Waals surface area contributed by atoms with E-state index in [-0.39, 0.29) is 19.1 Å². The molecule has 438 valence electrons. The number of likely N-dealkylation sites (N-methyl/N-ethyl adjacent to an activating group) is 1. The zero-order valence-corrected chi connectivity index (χ0v) is 50.9. The van der Waals surface area contributed by atoms with Crippen LogP contribution in [0.4, 0.5) is 0 Å². The van der Waals surface area contributed by atoms with Crippen molar-refractivity contribution >= 4 is 13.7 Å². The Bertz CT molecular complexity index is 1450. The molecule has 3 atom stereocenters. The van der Waals surface area contributed by atoms with E-state index >= 15 is 0 Å². The SMILES string of the molecule is CCCCCCC/C=C\C/C=C\C/C=C\CCCCCCCCCCCCCCCCCCCCC(=O)NC(COP(=O)(O)OCC[N+](C)(C)C)C(O)/C=C/CC/C=C/CC/C=C/CCCCCCCCCCCC. The number of carbonyl (C=O) groups is 1. The molecule has 0 aliphatic carbocycles. The number of hydrogen-bond donors (Lipinski definition) is 3. The second kappa shape index (κ2) is 56.7. The lowest BCUT2D eigenvalue weighted by Gasteiger charge is -2.25. The first-order chi connectivity index (χ1) is 36.5. The van der Waals surface area contributed by atoms with Crippen LogP contribution in [0, 0.1) is 0 Å². The van der Waals surface area contributed by atoms with Crippen LogP contribution in [0.3, 0.4) is 0 Å². The number of aliphatic hydroxyl groups is 1. The maximum Gasteiger partial charge on any atom is 0.472 e. The van der Waals surface area contributed by atoms with E-state index in [2.05, 4.69) is 79.9 Å². The van der Waals surface area contributed by atoms with Crippen molar-refractivity contribution in [1.82, 2.24) is 5.32 Å². The summed E-state index contributed by atoms with van der Waals surface area (Å²) in [7, 11) is 1.55. The van der Waals surface area contributed by atoms with Gasteiger partial charge in [-0.15, -0.1) is 0 Å². The van der Waals surface area contributed by atoms with Gasteiger partial charge in [-0.25, -0.2) is 4.57 Å². The largest absolute Gasteiger partial charge is 0.472 e. The number of rotatable bonds is 58. The molecule has 0 spiro atoms. The van der Waals surface area contributed by atoms with Crippen LogP contribution in [-0.4, -0.2) is 73.4 Å². The summed E-state index contributed by atoms with van der Waals surface area (Å²) in [5, 5.41) is 13.9. The van der Waals surface area contributed by atoms with E-state index in [0.717, 1.165) is 57.8 Å². The van der Waals surface area contributed by atoms with Crippen molar-refractivity contribution in [2.45, 2.75) is 302 Å². The van der Waals surface area contributed by atoms with Gasteiger partial charge < -0.3 is 19.8 Å². The molecule has 0 aliphatic rings. The van der Waals surface area contributed by atoms with Crippen LogP contribution in [0.25, 0.3) is 0 Å². The Balaban J connectivity index is 4.13. The van der Waals surface area contributed by atoms with E-state index in [1.807, 2.05) is 27.2 Å². The van der Waals surface area contributed by atoms with Crippen molar-refractivity contribution in [1.29, 1.82) is 0 Å². The van der Waals surface area contributed by atoms with Gasteiger partial charge in [-0.05, 0) is 83.5 Å². The average molecular weight is 1070 g/mol. The number of amides is 1. The fraction of sp³-hybridized carbons (Fsp3) is 0.803. The molecule has 0 aliphatic heterocycles. The first kappa shape index (κ1) is 72.9. The van der Waals surface area contributed by atoms with E-state index in [0.29, 0.717) is 17.4 Å². The van der Waals surface area contributed by atoms with Gasteiger partial charge in [-0.2, -0.15) is 0 Å². The lowest BCUT2D eigenvalue weighted by molar-refractivity contribution is -0.870. The summed E-state index contributed by atoms with van der Waals surface area (Å²) in [5.74, 6) is -0.189. The normalized spacial score (nSPS) is 14.3.